The monoisotopic (exact) mass is 422 g/mol. The Balaban J connectivity index is 1.76. The minimum atomic E-state index is -3.72. The number of furan rings is 1. The van der Waals surface area contributed by atoms with Gasteiger partial charge in [0.2, 0.25) is 10.0 Å². The van der Waals surface area contributed by atoms with Gasteiger partial charge >= 0.3 is 0 Å². The summed E-state index contributed by atoms with van der Waals surface area (Å²) < 4.78 is 29.0. The summed E-state index contributed by atoms with van der Waals surface area (Å²) in [4.78, 5) is 12.4. The molecule has 2 aromatic carbocycles. The zero-order valence-corrected chi connectivity index (χ0v) is 15.6. The van der Waals surface area contributed by atoms with Crippen molar-refractivity contribution in [3.05, 3.63) is 63.8 Å². The highest BCUT2D eigenvalue weighted by Crippen LogP contribution is 2.27. The molecule has 8 heteroatoms. The van der Waals surface area contributed by atoms with E-state index in [-0.39, 0.29) is 23.1 Å². The molecule has 0 aliphatic carbocycles. The average molecular weight is 423 g/mol. The van der Waals surface area contributed by atoms with Crippen molar-refractivity contribution >= 4 is 42.8 Å². The SMILES string of the molecule is Cc1c(C(=O)NCc2ccc(S(N)(=O)=O)cc2)oc2cc(Br)ccc12. The fourth-order valence-corrected chi connectivity index (χ4v) is 3.33. The summed E-state index contributed by atoms with van der Waals surface area (Å²) >= 11 is 3.37. The molecule has 0 aliphatic rings. The topological polar surface area (TPSA) is 102 Å². The van der Waals surface area contributed by atoms with Crippen LogP contribution in [0.2, 0.25) is 0 Å². The Bertz CT molecular complexity index is 1060. The lowest BCUT2D eigenvalue weighted by Gasteiger charge is -2.05. The number of primary sulfonamides is 1. The summed E-state index contributed by atoms with van der Waals surface area (Å²) in [6.07, 6.45) is 0. The number of fused-ring (bicyclic) bond motifs is 1. The summed E-state index contributed by atoms with van der Waals surface area (Å²) in [7, 11) is -3.72. The zero-order chi connectivity index (χ0) is 18.2. The number of carbonyl (C=O) groups excluding carboxylic acids is 1. The molecule has 0 atom stereocenters. The molecule has 0 bridgehead atoms. The molecule has 0 saturated heterocycles. The first-order chi connectivity index (χ1) is 11.8. The first-order valence-corrected chi connectivity index (χ1v) is 9.68. The second-order valence-corrected chi connectivity index (χ2v) is 8.05. The van der Waals surface area contributed by atoms with Crippen molar-refractivity contribution < 1.29 is 17.6 Å². The van der Waals surface area contributed by atoms with Crippen LogP contribution in [0.25, 0.3) is 11.0 Å². The Hall–Kier alpha value is -2.16. The van der Waals surface area contributed by atoms with E-state index in [9.17, 15) is 13.2 Å². The van der Waals surface area contributed by atoms with Crippen molar-refractivity contribution in [2.75, 3.05) is 0 Å². The molecule has 3 aromatic rings. The van der Waals surface area contributed by atoms with Crippen molar-refractivity contribution in [1.82, 2.24) is 5.32 Å². The van der Waals surface area contributed by atoms with Gasteiger partial charge in [-0.25, -0.2) is 13.6 Å². The number of amides is 1. The third kappa shape index (κ3) is 3.76. The van der Waals surface area contributed by atoms with Gasteiger partial charge in [0.1, 0.15) is 5.58 Å². The number of benzene rings is 2. The largest absolute Gasteiger partial charge is 0.451 e. The van der Waals surface area contributed by atoms with Crippen molar-refractivity contribution in [2.24, 2.45) is 5.14 Å². The van der Waals surface area contributed by atoms with E-state index < -0.39 is 10.0 Å². The van der Waals surface area contributed by atoms with Gasteiger partial charge in [-0.05, 0) is 42.8 Å². The van der Waals surface area contributed by atoms with Gasteiger partial charge in [0.15, 0.2) is 5.76 Å². The van der Waals surface area contributed by atoms with E-state index in [1.807, 2.05) is 25.1 Å². The van der Waals surface area contributed by atoms with Gasteiger partial charge in [-0.1, -0.05) is 28.1 Å². The molecule has 130 valence electrons. The Kier molecular flexibility index (Phi) is 4.68. The predicted octanol–water partition coefficient (Wildman–Crippen LogP) is 3.08. The number of nitrogens with two attached hydrogens (primary N) is 1. The van der Waals surface area contributed by atoms with Crippen LogP contribution in [0.4, 0.5) is 0 Å². The fraction of sp³-hybridized carbons (Fsp3) is 0.118. The van der Waals surface area contributed by atoms with Gasteiger partial charge in [-0.15, -0.1) is 0 Å². The van der Waals surface area contributed by atoms with Crippen LogP contribution < -0.4 is 10.5 Å². The number of hydrogen-bond donors (Lipinski definition) is 2. The van der Waals surface area contributed by atoms with E-state index in [1.54, 1.807) is 12.1 Å². The molecule has 0 saturated carbocycles. The van der Waals surface area contributed by atoms with Gasteiger partial charge in [0.05, 0.1) is 4.90 Å². The van der Waals surface area contributed by atoms with E-state index >= 15 is 0 Å². The molecule has 3 N–H and O–H groups in total. The Morgan fingerprint density at radius 2 is 1.88 bits per heavy atom. The lowest BCUT2D eigenvalue weighted by molar-refractivity contribution is 0.0924. The molecule has 1 amide bonds. The molecule has 0 radical (unpaired) electrons. The standard InChI is InChI=1S/C17H15BrN2O4S/c1-10-14-7-4-12(18)8-15(14)24-16(10)17(21)20-9-11-2-5-13(6-3-11)25(19,22)23/h2-8H,9H2,1H3,(H,20,21)(H2,19,22,23). The van der Waals surface area contributed by atoms with Crippen LogP contribution in [0, 0.1) is 6.92 Å². The highest BCUT2D eigenvalue weighted by Gasteiger charge is 2.17. The van der Waals surface area contributed by atoms with Gasteiger partial charge < -0.3 is 9.73 Å². The summed E-state index contributed by atoms with van der Waals surface area (Å²) in [5.74, 6) is -0.0744. The van der Waals surface area contributed by atoms with E-state index in [1.165, 1.54) is 12.1 Å². The Morgan fingerprint density at radius 1 is 1.20 bits per heavy atom. The van der Waals surface area contributed by atoms with Crippen molar-refractivity contribution in [3.63, 3.8) is 0 Å². The van der Waals surface area contributed by atoms with Gasteiger partial charge in [0.25, 0.3) is 5.91 Å². The number of hydrogen-bond acceptors (Lipinski definition) is 4. The molecule has 1 heterocycles. The molecular weight excluding hydrogens is 408 g/mol. The minimum absolute atomic E-state index is 0.0290. The minimum Gasteiger partial charge on any atom is -0.451 e. The van der Waals surface area contributed by atoms with Crippen LogP contribution >= 0.6 is 15.9 Å². The van der Waals surface area contributed by atoms with Crippen LogP contribution in [0.5, 0.6) is 0 Å². The third-order valence-electron chi connectivity index (χ3n) is 3.81. The number of aryl methyl sites for hydroxylation is 1. The number of halogens is 1. The quantitative estimate of drug-likeness (QED) is 0.673. The molecule has 1 aromatic heterocycles. The van der Waals surface area contributed by atoms with E-state index in [0.717, 1.165) is 21.0 Å². The highest BCUT2D eigenvalue weighted by atomic mass is 79.9. The first-order valence-electron chi connectivity index (χ1n) is 7.34. The maximum absolute atomic E-state index is 12.4. The lowest BCUT2D eigenvalue weighted by Crippen LogP contribution is -2.23. The maximum atomic E-state index is 12.4. The fourth-order valence-electron chi connectivity index (χ4n) is 2.48. The Morgan fingerprint density at radius 3 is 2.52 bits per heavy atom. The van der Waals surface area contributed by atoms with Gasteiger partial charge in [0, 0.05) is 22.0 Å². The van der Waals surface area contributed by atoms with Crippen molar-refractivity contribution in [1.29, 1.82) is 0 Å². The smallest absolute Gasteiger partial charge is 0.287 e. The summed E-state index contributed by atoms with van der Waals surface area (Å²) in [5.41, 5.74) is 2.15. The molecule has 25 heavy (non-hydrogen) atoms. The number of carbonyl (C=O) groups is 1. The van der Waals surface area contributed by atoms with E-state index in [4.69, 9.17) is 9.56 Å². The molecule has 6 nitrogen and oxygen atoms in total. The van der Waals surface area contributed by atoms with Crippen LogP contribution in [0.3, 0.4) is 0 Å². The first kappa shape index (κ1) is 17.7. The number of sulfonamides is 1. The van der Waals surface area contributed by atoms with Gasteiger partial charge in [-0.2, -0.15) is 0 Å². The second kappa shape index (κ2) is 6.62. The lowest BCUT2D eigenvalue weighted by atomic mass is 10.1. The van der Waals surface area contributed by atoms with E-state index in [2.05, 4.69) is 21.2 Å². The summed E-state index contributed by atoms with van der Waals surface area (Å²) in [6, 6.07) is 11.6. The molecule has 3 rings (SSSR count). The number of nitrogens with one attached hydrogen (secondary N) is 1. The summed E-state index contributed by atoms with van der Waals surface area (Å²) in [5, 5.41) is 8.70. The predicted molar refractivity (Wildman–Crippen MR) is 97.6 cm³/mol. The van der Waals surface area contributed by atoms with Crippen LogP contribution in [0.1, 0.15) is 21.7 Å². The molecule has 0 fully saturated rings. The van der Waals surface area contributed by atoms with Crippen molar-refractivity contribution in [3.8, 4) is 0 Å². The van der Waals surface area contributed by atoms with Gasteiger partial charge in [-0.3, -0.25) is 4.79 Å². The molecule has 0 unspecified atom stereocenters. The molecular formula is C17H15BrN2O4S. The van der Waals surface area contributed by atoms with Crippen LogP contribution in [-0.2, 0) is 16.6 Å². The summed E-state index contributed by atoms with van der Waals surface area (Å²) in [6.45, 7) is 2.07. The van der Waals surface area contributed by atoms with Crippen LogP contribution in [0.15, 0.2) is 56.2 Å². The Labute approximate surface area is 153 Å². The van der Waals surface area contributed by atoms with Crippen LogP contribution in [-0.4, -0.2) is 14.3 Å². The third-order valence-corrected chi connectivity index (χ3v) is 5.23. The van der Waals surface area contributed by atoms with E-state index in [0.29, 0.717) is 5.58 Å². The number of rotatable bonds is 4. The zero-order valence-electron chi connectivity index (χ0n) is 13.2. The normalized spacial score (nSPS) is 11.6. The van der Waals surface area contributed by atoms with Crippen molar-refractivity contribution in [2.45, 2.75) is 18.4 Å². The molecule has 0 spiro atoms. The maximum Gasteiger partial charge on any atom is 0.287 e. The molecule has 0 aliphatic heterocycles. The second-order valence-electron chi connectivity index (χ2n) is 5.57. The average Bonchev–Trinajstić information content (AvgIpc) is 2.88. The highest BCUT2D eigenvalue weighted by molar-refractivity contribution is 9.10.